The SMILES string of the molecule is C=CCOCCCN(CC(=O)O)CC(=O)O. The maximum absolute atomic E-state index is 10.4. The van der Waals surface area contributed by atoms with E-state index < -0.39 is 11.9 Å². The first kappa shape index (κ1) is 14.6. The fraction of sp³-hybridized carbons (Fsp3) is 0.600. The Morgan fingerprint density at radius 3 is 2.25 bits per heavy atom. The highest BCUT2D eigenvalue weighted by molar-refractivity contribution is 5.72. The average Bonchev–Trinajstić information content (AvgIpc) is 2.15. The quantitative estimate of drug-likeness (QED) is 0.408. The Bertz CT molecular complexity index is 225. The van der Waals surface area contributed by atoms with Gasteiger partial charge in [0.15, 0.2) is 0 Å². The predicted octanol–water partition coefficient (Wildman–Crippen LogP) is 0.0503. The van der Waals surface area contributed by atoms with Gasteiger partial charge in [0.25, 0.3) is 0 Å². The van der Waals surface area contributed by atoms with E-state index in [1.54, 1.807) is 6.08 Å². The van der Waals surface area contributed by atoms with E-state index in [4.69, 9.17) is 14.9 Å². The lowest BCUT2D eigenvalue weighted by atomic mass is 10.3. The molecule has 0 aliphatic carbocycles. The van der Waals surface area contributed by atoms with Crippen LogP contribution < -0.4 is 0 Å². The summed E-state index contributed by atoms with van der Waals surface area (Å²) in [5, 5.41) is 17.1. The molecule has 0 aromatic rings. The Labute approximate surface area is 94.1 Å². The third-order valence-corrected chi connectivity index (χ3v) is 1.72. The molecule has 16 heavy (non-hydrogen) atoms. The number of aliphatic carboxylic acids is 2. The lowest BCUT2D eigenvalue weighted by Crippen LogP contribution is -2.35. The second-order valence-corrected chi connectivity index (χ2v) is 3.22. The van der Waals surface area contributed by atoms with Gasteiger partial charge in [0.1, 0.15) is 0 Å². The van der Waals surface area contributed by atoms with E-state index in [2.05, 4.69) is 6.58 Å². The molecule has 0 aromatic carbocycles. The maximum Gasteiger partial charge on any atom is 0.317 e. The van der Waals surface area contributed by atoms with Crippen molar-refractivity contribution in [2.75, 3.05) is 32.8 Å². The van der Waals surface area contributed by atoms with Crippen molar-refractivity contribution in [3.8, 4) is 0 Å². The van der Waals surface area contributed by atoms with Crippen molar-refractivity contribution < 1.29 is 24.5 Å². The minimum Gasteiger partial charge on any atom is -0.480 e. The minimum absolute atomic E-state index is 0.270. The molecule has 0 saturated carbocycles. The molecular weight excluding hydrogens is 214 g/mol. The van der Waals surface area contributed by atoms with Gasteiger partial charge in [-0.2, -0.15) is 0 Å². The van der Waals surface area contributed by atoms with Gasteiger partial charge in [0.2, 0.25) is 0 Å². The average molecular weight is 231 g/mol. The molecule has 6 heteroatoms. The summed E-state index contributed by atoms with van der Waals surface area (Å²) in [6, 6.07) is 0. The van der Waals surface area contributed by atoms with Crippen LogP contribution in [0, 0.1) is 0 Å². The monoisotopic (exact) mass is 231 g/mol. The van der Waals surface area contributed by atoms with Crippen molar-refractivity contribution in [2.24, 2.45) is 0 Å². The largest absolute Gasteiger partial charge is 0.480 e. The van der Waals surface area contributed by atoms with Gasteiger partial charge in [0, 0.05) is 13.2 Å². The fourth-order valence-corrected chi connectivity index (χ4v) is 1.15. The minimum atomic E-state index is -1.03. The Balaban J connectivity index is 3.77. The Hall–Kier alpha value is -1.40. The number of carbonyl (C=O) groups is 2. The normalized spacial score (nSPS) is 10.3. The van der Waals surface area contributed by atoms with Crippen LogP contribution in [0.4, 0.5) is 0 Å². The summed E-state index contributed by atoms with van der Waals surface area (Å²) in [5.74, 6) is -2.07. The lowest BCUT2D eigenvalue weighted by Gasteiger charge is -2.17. The zero-order valence-corrected chi connectivity index (χ0v) is 9.09. The van der Waals surface area contributed by atoms with Crippen molar-refractivity contribution in [3.05, 3.63) is 12.7 Å². The molecule has 0 fully saturated rings. The number of nitrogens with zero attached hydrogens (tertiary/aromatic N) is 1. The summed E-state index contributed by atoms with van der Waals surface area (Å²) in [7, 11) is 0. The smallest absolute Gasteiger partial charge is 0.317 e. The van der Waals surface area contributed by atoms with Crippen LogP contribution in [0.3, 0.4) is 0 Å². The maximum atomic E-state index is 10.4. The molecule has 2 N–H and O–H groups in total. The van der Waals surface area contributed by atoms with Crippen LogP contribution in [0.25, 0.3) is 0 Å². The van der Waals surface area contributed by atoms with E-state index in [1.165, 1.54) is 4.90 Å². The standard InChI is InChI=1S/C10H17NO5/c1-2-5-16-6-3-4-11(7-9(12)13)8-10(14)15/h2H,1,3-8H2,(H,12,13)(H,14,15). The highest BCUT2D eigenvalue weighted by Gasteiger charge is 2.12. The van der Waals surface area contributed by atoms with Crippen molar-refractivity contribution in [1.82, 2.24) is 4.90 Å². The zero-order chi connectivity index (χ0) is 12.4. The summed E-state index contributed by atoms with van der Waals surface area (Å²) >= 11 is 0. The molecule has 92 valence electrons. The molecule has 0 aromatic heterocycles. The number of ether oxygens (including phenoxy) is 1. The van der Waals surface area contributed by atoms with Crippen LogP contribution in [0.15, 0.2) is 12.7 Å². The third kappa shape index (κ3) is 9.17. The first-order chi connectivity index (χ1) is 7.56. The molecule has 0 unspecified atom stereocenters. The van der Waals surface area contributed by atoms with Crippen LogP contribution in [-0.4, -0.2) is 59.9 Å². The van der Waals surface area contributed by atoms with E-state index in [9.17, 15) is 9.59 Å². The summed E-state index contributed by atoms with van der Waals surface area (Å²) in [4.78, 5) is 22.2. The highest BCUT2D eigenvalue weighted by Crippen LogP contribution is 1.93. The molecule has 0 saturated heterocycles. The zero-order valence-electron chi connectivity index (χ0n) is 9.09. The van der Waals surface area contributed by atoms with Gasteiger partial charge < -0.3 is 14.9 Å². The van der Waals surface area contributed by atoms with Crippen molar-refractivity contribution >= 4 is 11.9 Å². The highest BCUT2D eigenvalue weighted by atomic mass is 16.5. The first-order valence-corrected chi connectivity index (χ1v) is 4.91. The topological polar surface area (TPSA) is 87.1 Å². The molecule has 0 heterocycles. The summed E-state index contributed by atoms with van der Waals surface area (Å²) < 4.78 is 5.10. The number of carboxylic acids is 2. The summed E-state index contributed by atoms with van der Waals surface area (Å²) in [5.41, 5.74) is 0. The van der Waals surface area contributed by atoms with Crippen molar-refractivity contribution in [2.45, 2.75) is 6.42 Å². The second-order valence-electron chi connectivity index (χ2n) is 3.22. The molecule has 0 amide bonds. The summed E-state index contributed by atoms with van der Waals surface area (Å²) in [6.07, 6.45) is 2.21. The van der Waals surface area contributed by atoms with Gasteiger partial charge in [-0.3, -0.25) is 14.5 Å². The molecular formula is C10H17NO5. The molecule has 0 aliphatic rings. The number of rotatable bonds is 10. The van der Waals surface area contributed by atoms with E-state index >= 15 is 0 Å². The third-order valence-electron chi connectivity index (χ3n) is 1.72. The molecule has 6 nitrogen and oxygen atoms in total. The van der Waals surface area contributed by atoms with Crippen LogP contribution in [0.1, 0.15) is 6.42 Å². The van der Waals surface area contributed by atoms with E-state index in [1.807, 2.05) is 0 Å². The van der Waals surface area contributed by atoms with Crippen LogP contribution in [0.2, 0.25) is 0 Å². The molecule has 0 rings (SSSR count). The van der Waals surface area contributed by atoms with Gasteiger partial charge in [-0.25, -0.2) is 0 Å². The van der Waals surface area contributed by atoms with Crippen molar-refractivity contribution in [1.29, 1.82) is 0 Å². The number of hydrogen-bond donors (Lipinski definition) is 2. The van der Waals surface area contributed by atoms with Gasteiger partial charge in [-0.05, 0) is 6.42 Å². The Morgan fingerprint density at radius 1 is 1.25 bits per heavy atom. The van der Waals surface area contributed by atoms with Crippen LogP contribution >= 0.6 is 0 Å². The van der Waals surface area contributed by atoms with E-state index in [-0.39, 0.29) is 13.1 Å². The Morgan fingerprint density at radius 2 is 1.81 bits per heavy atom. The first-order valence-electron chi connectivity index (χ1n) is 4.91. The van der Waals surface area contributed by atoms with Gasteiger partial charge in [-0.15, -0.1) is 6.58 Å². The van der Waals surface area contributed by atoms with Gasteiger partial charge in [-0.1, -0.05) is 6.08 Å². The van der Waals surface area contributed by atoms with Crippen molar-refractivity contribution in [3.63, 3.8) is 0 Å². The predicted molar refractivity (Wildman–Crippen MR) is 57.3 cm³/mol. The molecule has 0 radical (unpaired) electrons. The molecule has 0 aliphatic heterocycles. The summed E-state index contributed by atoms with van der Waals surface area (Å²) in [6.45, 7) is 4.23. The van der Waals surface area contributed by atoms with Gasteiger partial charge in [0.05, 0.1) is 19.7 Å². The van der Waals surface area contributed by atoms with Crippen LogP contribution in [-0.2, 0) is 14.3 Å². The fourth-order valence-electron chi connectivity index (χ4n) is 1.15. The molecule has 0 atom stereocenters. The lowest BCUT2D eigenvalue weighted by molar-refractivity contribution is -0.141. The van der Waals surface area contributed by atoms with Gasteiger partial charge >= 0.3 is 11.9 Å². The Kier molecular flexibility index (Phi) is 8.10. The van der Waals surface area contributed by atoms with E-state index in [0.717, 1.165) is 0 Å². The van der Waals surface area contributed by atoms with E-state index in [0.29, 0.717) is 26.2 Å². The number of hydrogen-bond acceptors (Lipinski definition) is 4. The number of carboxylic acid groups (broad SMARTS) is 2. The second kappa shape index (κ2) is 8.87. The van der Waals surface area contributed by atoms with Crippen LogP contribution in [0.5, 0.6) is 0 Å². The molecule has 0 bridgehead atoms. The molecule has 0 spiro atoms.